The van der Waals surface area contributed by atoms with Gasteiger partial charge in [-0.15, -0.1) is 0 Å². The molecule has 8 heteroatoms. The summed E-state index contributed by atoms with van der Waals surface area (Å²) in [6, 6.07) is 4.82. The van der Waals surface area contributed by atoms with Gasteiger partial charge < -0.3 is 9.55 Å². The lowest BCUT2D eigenvalue weighted by atomic mass is 10.2. The normalized spacial score (nSPS) is 12.3. The lowest BCUT2D eigenvalue weighted by Crippen LogP contribution is -2.24. The van der Waals surface area contributed by atoms with Crippen LogP contribution in [0.1, 0.15) is 19.5 Å². The molecule has 0 amide bonds. The largest absolute Gasteiger partial charge is 0.345 e. The summed E-state index contributed by atoms with van der Waals surface area (Å²) in [6.45, 7) is 5.22. The van der Waals surface area contributed by atoms with Crippen molar-refractivity contribution in [1.29, 1.82) is 0 Å². The number of hydrogen-bond acceptors (Lipinski definition) is 4. The van der Waals surface area contributed by atoms with Gasteiger partial charge in [0.2, 0.25) is 10.0 Å². The maximum absolute atomic E-state index is 12.5. The molecular formula is C15H19N5O2S. The molecule has 7 nitrogen and oxygen atoms in total. The molecule has 2 N–H and O–H groups in total. The van der Waals surface area contributed by atoms with E-state index in [1.807, 2.05) is 4.57 Å². The van der Waals surface area contributed by atoms with Gasteiger partial charge in [-0.05, 0) is 24.1 Å². The van der Waals surface area contributed by atoms with E-state index >= 15 is 0 Å². The molecule has 0 bridgehead atoms. The van der Waals surface area contributed by atoms with E-state index in [0.717, 1.165) is 17.8 Å². The van der Waals surface area contributed by atoms with Crippen LogP contribution in [0.25, 0.3) is 11.0 Å². The van der Waals surface area contributed by atoms with Crippen LogP contribution in [-0.4, -0.2) is 27.9 Å². The quantitative estimate of drug-likeness (QED) is 0.720. The molecule has 2 heterocycles. The molecule has 2 aromatic heterocycles. The van der Waals surface area contributed by atoms with Crippen molar-refractivity contribution in [2.75, 3.05) is 0 Å². The molecular weight excluding hydrogens is 314 g/mol. The van der Waals surface area contributed by atoms with Crippen LogP contribution in [0.4, 0.5) is 0 Å². The Labute approximate surface area is 134 Å². The van der Waals surface area contributed by atoms with Gasteiger partial charge in [0.15, 0.2) is 0 Å². The van der Waals surface area contributed by atoms with E-state index in [4.69, 9.17) is 0 Å². The van der Waals surface area contributed by atoms with E-state index in [1.54, 1.807) is 37.1 Å². The van der Waals surface area contributed by atoms with Crippen LogP contribution in [0.3, 0.4) is 0 Å². The molecule has 0 radical (unpaired) electrons. The third-order valence-electron chi connectivity index (χ3n) is 3.51. The molecule has 0 saturated carbocycles. The Balaban J connectivity index is 1.77. The van der Waals surface area contributed by atoms with Crippen LogP contribution < -0.4 is 4.72 Å². The fourth-order valence-electron chi connectivity index (χ4n) is 2.39. The number of nitrogens with one attached hydrogen (secondary N) is 2. The van der Waals surface area contributed by atoms with Gasteiger partial charge in [-0.3, -0.25) is 0 Å². The van der Waals surface area contributed by atoms with E-state index in [1.165, 1.54) is 0 Å². The summed E-state index contributed by atoms with van der Waals surface area (Å²) in [5.41, 5.74) is 2.27. The molecule has 3 aromatic rings. The highest BCUT2D eigenvalue weighted by Crippen LogP contribution is 2.16. The Morgan fingerprint density at radius 1 is 1.35 bits per heavy atom. The van der Waals surface area contributed by atoms with Crippen LogP contribution in [0.2, 0.25) is 0 Å². The van der Waals surface area contributed by atoms with Gasteiger partial charge in [-0.2, -0.15) is 0 Å². The van der Waals surface area contributed by atoms with Gasteiger partial charge in [0.05, 0.1) is 40.8 Å². The monoisotopic (exact) mass is 333 g/mol. The zero-order chi connectivity index (χ0) is 16.4. The molecule has 0 aliphatic heterocycles. The van der Waals surface area contributed by atoms with Gasteiger partial charge in [-0.1, -0.05) is 13.8 Å². The summed E-state index contributed by atoms with van der Waals surface area (Å²) < 4.78 is 29.5. The number of aromatic amines is 1. The number of hydrogen-bond donors (Lipinski definition) is 2. The second-order valence-electron chi connectivity index (χ2n) is 5.84. The number of sulfonamides is 1. The second kappa shape index (κ2) is 6.13. The molecule has 3 rings (SSSR count). The van der Waals surface area contributed by atoms with Crippen molar-refractivity contribution in [3.8, 4) is 0 Å². The lowest BCUT2D eigenvalue weighted by Gasteiger charge is -2.11. The van der Waals surface area contributed by atoms with Crippen molar-refractivity contribution in [3.63, 3.8) is 0 Å². The van der Waals surface area contributed by atoms with Crippen molar-refractivity contribution < 1.29 is 8.42 Å². The predicted molar refractivity (Wildman–Crippen MR) is 87.2 cm³/mol. The first-order chi connectivity index (χ1) is 11.0. The van der Waals surface area contributed by atoms with Gasteiger partial charge >= 0.3 is 0 Å². The minimum atomic E-state index is -3.59. The standard InChI is InChI=1S/C15H19N5O2S/c1-11(2)8-20-10-16-6-12(20)7-19-23(21,22)13-3-4-14-15(5-13)18-9-17-14/h3-6,9-11,19H,7-8H2,1-2H3,(H,17,18). The first-order valence-electron chi connectivity index (χ1n) is 7.37. The molecule has 0 unspecified atom stereocenters. The maximum atomic E-state index is 12.5. The van der Waals surface area contributed by atoms with Crippen molar-refractivity contribution in [3.05, 3.63) is 42.7 Å². The number of H-pyrrole nitrogens is 1. The SMILES string of the molecule is CC(C)Cn1cncc1CNS(=O)(=O)c1ccc2nc[nH]c2c1. The van der Waals surface area contributed by atoms with Gasteiger partial charge in [0, 0.05) is 12.7 Å². The van der Waals surface area contributed by atoms with Gasteiger partial charge in [-0.25, -0.2) is 23.1 Å². The minimum absolute atomic E-state index is 0.204. The summed E-state index contributed by atoms with van der Waals surface area (Å²) >= 11 is 0. The van der Waals surface area contributed by atoms with Crippen LogP contribution in [-0.2, 0) is 23.1 Å². The van der Waals surface area contributed by atoms with Crippen molar-refractivity contribution in [2.45, 2.75) is 31.8 Å². The van der Waals surface area contributed by atoms with Gasteiger partial charge in [0.25, 0.3) is 0 Å². The van der Waals surface area contributed by atoms with Crippen LogP contribution in [0, 0.1) is 5.92 Å². The van der Waals surface area contributed by atoms with Crippen molar-refractivity contribution in [1.82, 2.24) is 24.2 Å². The summed E-state index contributed by atoms with van der Waals surface area (Å²) in [6.07, 6.45) is 4.95. The van der Waals surface area contributed by atoms with Crippen LogP contribution in [0.5, 0.6) is 0 Å². The number of aromatic nitrogens is 4. The first-order valence-corrected chi connectivity index (χ1v) is 8.86. The average Bonchev–Trinajstić information content (AvgIpc) is 3.12. The van der Waals surface area contributed by atoms with E-state index in [2.05, 4.69) is 33.5 Å². The van der Waals surface area contributed by atoms with Crippen LogP contribution in [0.15, 0.2) is 41.9 Å². The second-order valence-corrected chi connectivity index (χ2v) is 7.60. The van der Waals surface area contributed by atoms with E-state index in [9.17, 15) is 8.42 Å². The third kappa shape index (κ3) is 3.43. The van der Waals surface area contributed by atoms with E-state index in [-0.39, 0.29) is 11.4 Å². The molecule has 0 fully saturated rings. The minimum Gasteiger partial charge on any atom is -0.345 e. The van der Waals surface area contributed by atoms with E-state index < -0.39 is 10.0 Å². The summed E-state index contributed by atoms with van der Waals surface area (Å²) in [5.74, 6) is 0.461. The van der Waals surface area contributed by atoms with Gasteiger partial charge in [0.1, 0.15) is 0 Å². The highest BCUT2D eigenvalue weighted by Gasteiger charge is 2.16. The Hall–Kier alpha value is -2.19. The zero-order valence-corrected chi connectivity index (χ0v) is 13.8. The summed E-state index contributed by atoms with van der Waals surface area (Å²) in [4.78, 5) is 11.3. The number of fused-ring (bicyclic) bond motifs is 1. The average molecular weight is 333 g/mol. The molecule has 0 spiro atoms. The van der Waals surface area contributed by atoms with Crippen molar-refractivity contribution >= 4 is 21.1 Å². The molecule has 23 heavy (non-hydrogen) atoms. The molecule has 0 atom stereocenters. The smallest absolute Gasteiger partial charge is 0.240 e. The summed E-state index contributed by atoms with van der Waals surface area (Å²) in [7, 11) is -3.59. The summed E-state index contributed by atoms with van der Waals surface area (Å²) in [5, 5.41) is 0. The van der Waals surface area contributed by atoms with Crippen molar-refractivity contribution in [2.24, 2.45) is 5.92 Å². The highest BCUT2D eigenvalue weighted by atomic mass is 32.2. The Bertz CT molecular complexity index is 911. The molecule has 122 valence electrons. The number of rotatable bonds is 6. The Kier molecular flexibility index (Phi) is 4.18. The Morgan fingerprint density at radius 3 is 2.96 bits per heavy atom. The molecule has 0 saturated heterocycles. The lowest BCUT2D eigenvalue weighted by molar-refractivity contribution is 0.506. The highest BCUT2D eigenvalue weighted by molar-refractivity contribution is 7.89. The predicted octanol–water partition coefficient (Wildman–Crippen LogP) is 1.89. The zero-order valence-electron chi connectivity index (χ0n) is 13.0. The molecule has 0 aliphatic carbocycles. The number of nitrogens with zero attached hydrogens (tertiary/aromatic N) is 3. The number of benzene rings is 1. The molecule has 1 aromatic carbocycles. The van der Waals surface area contributed by atoms with E-state index in [0.29, 0.717) is 11.4 Å². The van der Waals surface area contributed by atoms with Crippen LogP contribution >= 0.6 is 0 Å². The third-order valence-corrected chi connectivity index (χ3v) is 4.90. The Morgan fingerprint density at radius 2 is 2.17 bits per heavy atom. The maximum Gasteiger partial charge on any atom is 0.240 e. The topological polar surface area (TPSA) is 92.7 Å². The fraction of sp³-hybridized carbons (Fsp3) is 0.333. The fourth-order valence-corrected chi connectivity index (χ4v) is 3.41. The number of imidazole rings is 2. The first kappa shape index (κ1) is 15.7. The molecule has 0 aliphatic rings.